The zero-order valence-corrected chi connectivity index (χ0v) is 14.4. The van der Waals surface area contributed by atoms with Crippen molar-refractivity contribution in [2.75, 3.05) is 19.8 Å². The Morgan fingerprint density at radius 1 is 1.33 bits per heavy atom. The van der Waals surface area contributed by atoms with Crippen molar-refractivity contribution >= 4 is 5.97 Å². The topological polar surface area (TPSA) is 47.6 Å². The standard InChI is InChI=1S/C17H33NO3/c1-6-8-18-15(16(19)20-7-2)12-21-14-9-13(3)10-17(4,5)11-14/h13-15,18H,6-12H2,1-5H3. The molecule has 1 saturated carbocycles. The first kappa shape index (κ1) is 18.4. The Labute approximate surface area is 130 Å². The molecule has 4 nitrogen and oxygen atoms in total. The van der Waals surface area contributed by atoms with Crippen LogP contribution in [0.3, 0.4) is 0 Å². The van der Waals surface area contributed by atoms with E-state index in [9.17, 15) is 4.79 Å². The van der Waals surface area contributed by atoms with Crippen molar-refractivity contribution in [1.82, 2.24) is 5.32 Å². The van der Waals surface area contributed by atoms with Gasteiger partial charge in [0.05, 0.1) is 19.3 Å². The summed E-state index contributed by atoms with van der Waals surface area (Å²) in [5.74, 6) is 0.484. The van der Waals surface area contributed by atoms with E-state index in [2.05, 4.69) is 33.0 Å². The van der Waals surface area contributed by atoms with E-state index in [1.807, 2.05) is 6.92 Å². The second-order valence-corrected chi connectivity index (χ2v) is 7.13. The molecule has 0 heterocycles. The van der Waals surface area contributed by atoms with Gasteiger partial charge in [0.15, 0.2) is 0 Å². The molecule has 1 N–H and O–H groups in total. The van der Waals surface area contributed by atoms with Gasteiger partial charge < -0.3 is 14.8 Å². The van der Waals surface area contributed by atoms with Gasteiger partial charge in [-0.15, -0.1) is 0 Å². The third kappa shape index (κ3) is 6.79. The molecule has 1 rings (SSSR count). The molecule has 1 aliphatic carbocycles. The van der Waals surface area contributed by atoms with Crippen LogP contribution in [0.2, 0.25) is 0 Å². The summed E-state index contributed by atoms with van der Waals surface area (Å²) in [6.07, 6.45) is 4.66. The largest absolute Gasteiger partial charge is 0.465 e. The van der Waals surface area contributed by atoms with Gasteiger partial charge in [0.1, 0.15) is 6.04 Å². The Morgan fingerprint density at radius 2 is 2.05 bits per heavy atom. The predicted molar refractivity (Wildman–Crippen MR) is 85.3 cm³/mol. The Kier molecular flexibility index (Phi) is 7.67. The zero-order valence-electron chi connectivity index (χ0n) is 14.4. The molecule has 0 spiro atoms. The van der Waals surface area contributed by atoms with Crippen LogP contribution in [-0.4, -0.2) is 37.9 Å². The molecule has 3 atom stereocenters. The maximum Gasteiger partial charge on any atom is 0.325 e. The predicted octanol–water partition coefficient (Wildman–Crippen LogP) is 3.15. The van der Waals surface area contributed by atoms with Gasteiger partial charge in [0.2, 0.25) is 0 Å². The van der Waals surface area contributed by atoms with Crippen molar-refractivity contribution in [2.24, 2.45) is 11.3 Å². The Hall–Kier alpha value is -0.610. The van der Waals surface area contributed by atoms with Crippen LogP contribution in [0.4, 0.5) is 0 Å². The summed E-state index contributed by atoms with van der Waals surface area (Å²) in [7, 11) is 0. The number of esters is 1. The lowest BCUT2D eigenvalue weighted by molar-refractivity contribution is -0.148. The Morgan fingerprint density at radius 3 is 2.62 bits per heavy atom. The highest BCUT2D eigenvalue weighted by Crippen LogP contribution is 2.39. The first-order valence-corrected chi connectivity index (χ1v) is 8.39. The minimum atomic E-state index is -0.342. The van der Waals surface area contributed by atoms with Crippen LogP contribution in [0, 0.1) is 11.3 Å². The van der Waals surface area contributed by atoms with Crippen molar-refractivity contribution in [3.8, 4) is 0 Å². The average molecular weight is 299 g/mol. The summed E-state index contributed by atoms with van der Waals surface area (Å²) in [5.41, 5.74) is 0.332. The highest BCUT2D eigenvalue weighted by atomic mass is 16.5. The first-order valence-electron chi connectivity index (χ1n) is 8.39. The molecule has 3 unspecified atom stereocenters. The van der Waals surface area contributed by atoms with Gasteiger partial charge in [-0.1, -0.05) is 27.7 Å². The number of carbonyl (C=O) groups is 1. The SMILES string of the molecule is CCCNC(COC1CC(C)CC(C)(C)C1)C(=O)OCC. The summed E-state index contributed by atoms with van der Waals surface area (Å²) in [5, 5.41) is 3.23. The molecule has 0 aromatic heterocycles. The Bertz CT molecular complexity index is 317. The number of rotatable bonds is 8. The van der Waals surface area contributed by atoms with Gasteiger partial charge in [-0.3, -0.25) is 4.79 Å². The van der Waals surface area contributed by atoms with E-state index in [0.717, 1.165) is 25.8 Å². The Balaban J connectivity index is 2.49. The molecule has 4 heteroatoms. The van der Waals surface area contributed by atoms with Crippen molar-refractivity contribution in [3.05, 3.63) is 0 Å². The van der Waals surface area contributed by atoms with Crippen molar-refractivity contribution in [3.63, 3.8) is 0 Å². The number of hydrogen-bond donors (Lipinski definition) is 1. The molecule has 0 aromatic rings. The van der Waals surface area contributed by atoms with Gasteiger partial charge in [-0.2, -0.15) is 0 Å². The number of ether oxygens (including phenoxy) is 2. The summed E-state index contributed by atoms with van der Waals surface area (Å²) >= 11 is 0. The smallest absolute Gasteiger partial charge is 0.325 e. The molecule has 124 valence electrons. The maximum atomic E-state index is 11.9. The minimum Gasteiger partial charge on any atom is -0.465 e. The number of carbonyl (C=O) groups excluding carboxylic acids is 1. The maximum absolute atomic E-state index is 11.9. The van der Waals surface area contributed by atoms with Crippen LogP contribution >= 0.6 is 0 Å². The lowest BCUT2D eigenvalue weighted by Gasteiger charge is -2.39. The van der Waals surface area contributed by atoms with Crippen LogP contribution < -0.4 is 5.32 Å². The van der Waals surface area contributed by atoms with Crippen LogP contribution in [-0.2, 0) is 14.3 Å². The highest BCUT2D eigenvalue weighted by Gasteiger charge is 2.33. The van der Waals surface area contributed by atoms with Gasteiger partial charge in [-0.25, -0.2) is 0 Å². The normalized spacial score (nSPS) is 26.3. The lowest BCUT2D eigenvalue weighted by Crippen LogP contribution is -2.44. The molecule has 0 saturated heterocycles. The molecule has 1 fully saturated rings. The fourth-order valence-corrected chi connectivity index (χ4v) is 3.39. The molecule has 21 heavy (non-hydrogen) atoms. The fraction of sp³-hybridized carbons (Fsp3) is 0.941. The molecule has 0 aliphatic heterocycles. The van der Waals surface area contributed by atoms with Crippen LogP contribution in [0.25, 0.3) is 0 Å². The average Bonchev–Trinajstić information content (AvgIpc) is 2.36. The number of nitrogens with one attached hydrogen (secondary N) is 1. The third-order valence-corrected chi connectivity index (χ3v) is 4.06. The first-order chi connectivity index (χ1) is 9.88. The van der Waals surface area contributed by atoms with Crippen LogP contribution in [0.1, 0.15) is 60.3 Å². The molecule has 0 aromatic carbocycles. The monoisotopic (exact) mass is 299 g/mol. The minimum absolute atomic E-state index is 0.200. The van der Waals surface area contributed by atoms with Gasteiger partial charge >= 0.3 is 5.97 Å². The summed E-state index contributed by atoms with van der Waals surface area (Å²) in [6, 6.07) is -0.342. The summed E-state index contributed by atoms with van der Waals surface area (Å²) in [6.45, 7) is 12.4. The van der Waals surface area contributed by atoms with E-state index in [0.29, 0.717) is 24.5 Å². The quantitative estimate of drug-likeness (QED) is 0.699. The summed E-state index contributed by atoms with van der Waals surface area (Å²) < 4.78 is 11.2. The van der Waals surface area contributed by atoms with Crippen molar-refractivity contribution in [2.45, 2.75) is 72.4 Å². The van der Waals surface area contributed by atoms with Gasteiger partial charge in [-0.05, 0) is 50.5 Å². The van der Waals surface area contributed by atoms with Crippen molar-refractivity contribution in [1.29, 1.82) is 0 Å². The van der Waals surface area contributed by atoms with E-state index < -0.39 is 0 Å². The van der Waals surface area contributed by atoms with E-state index in [4.69, 9.17) is 9.47 Å². The van der Waals surface area contributed by atoms with Gasteiger partial charge in [0.25, 0.3) is 0 Å². The zero-order chi connectivity index (χ0) is 15.9. The number of hydrogen-bond acceptors (Lipinski definition) is 4. The molecule has 0 radical (unpaired) electrons. The molecular formula is C17H33NO3. The molecule has 0 bridgehead atoms. The molecule has 1 aliphatic rings. The van der Waals surface area contributed by atoms with Crippen LogP contribution in [0.15, 0.2) is 0 Å². The second-order valence-electron chi connectivity index (χ2n) is 7.13. The summed E-state index contributed by atoms with van der Waals surface area (Å²) in [4.78, 5) is 11.9. The van der Waals surface area contributed by atoms with E-state index in [-0.39, 0.29) is 18.1 Å². The highest BCUT2D eigenvalue weighted by molar-refractivity contribution is 5.75. The van der Waals surface area contributed by atoms with Gasteiger partial charge in [0, 0.05) is 0 Å². The molecule has 0 amide bonds. The third-order valence-electron chi connectivity index (χ3n) is 4.06. The van der Waals surface area contributed by atoms with E-state index >= 15 is 0 Å². The van der Waals surface area contributed by atoms with E-state index in [1.165, 1.54) is 6.42 Å². The van der Waals surface area contributed by atoms with E-state index in [1.54, 1.807) is 0 Å². The lowest BCUT2D eigenvalue weighted by atomic mass is 9.71. The van der Waals surface area contributed by atoms with Crippen molar-refractivity contribution < 1.29 is 14.3 Å². The molecular weight excluding hydrogens is 266 g/mol. The second kappa shape index (κ2) is 8.74. The fourth-order valence-electron chi connectivity index (χ4n) is 3.39. The van der Waals surface area contributed by atoms with Crippen LogP contribution in [0.5, 0.6) is 0 Å².